The van der Waals surface area contributed by atoms with Gasteiger partial charge in [0, 0.05) is 63.8 Å². The second-order valence-corrected chi connectivity index (χ2v) is 11.5. The first-order chi connectivity index (χ1) is 21.6. The van der Waals surface area contributed by atoms with Gasteiger partial charge >= 0.3 is 0 Å². The Kier molecular flexibility index (Phi) is 21.4. The van der Waals surface area contributed by atoms with Crippen molar-refractivity contribution in [1.82, 2.24) is 25.5 Å². The number of hydroxylamine groups is 6. The van der Waals surface area contributed by atoms with E-state index in [4.69, 9.17) is 15.9 Å². The van der Waals surface area contributed by atoms with Gasteiger partial charge in [-0.15, -0.1) is 0 Å². The van der Waals surface area contributed by atoms with Crippen molar-refractivity contribution in [2.45, 2.75) is 110 Å². The maximum Gasteiger partial charge on any atom is 0.246 e. The molecule has 1 aliphatic rings. The molecule has 13 heteroatoms. The first-order valence-electron chi connectivity index (χ1n) is 16.4. The van der Waals surface area contributed by atoms with Gasteiger partial charge in [0.25, 0.3) is 0 Å². The Hall–Kier alpha value is -3.13. The number of amides is 4. The lowest BCUT2D eigenvalue weighted by Gasteiger charge is -2.15. The van der Waals surface area contributed by atoms with Crippen LogP contribution in [-0.2, 0) is 32.0 Å². The fourth-order valence-corrected chi connectivity index (χ4v) is 4.37. The highest BCUT2D eigenvalue weighted by Crippen LogP contribution is 2.32. The van der Waals surface area contributed by atoms with Crippen LogP contribution in [0, 0.1) is 5.92 Å². The quantitative estimate of drug-likeness (QED) is 0.0719. The molecule has 4 amide bonds. The summed E-state index contributed by atoms with van der Waals surface area (Å²) in [6.45, 7) is 5.10. The molecule has 1 saturated carbocycles. The minimum atomic E-state index is -0.457. The average Bonchev–Trinajstić information content (AvgIpc) is 3.85. The second kappa shape index (κ2) is 24.1. The fourth-order valence-electron chi connectivity index (χ4n) is 4.37. The average molecular weight is 637 g/mol. The standard InChI is InChI=1S/C24H38N4O5.C8H18N2O2/c1-19(29)27(32)16-5-2-4-15-25-23(30)13-14-24(31)28(33)17-6-3-8-21-9-7-10-22(26-21)18-20-11-12-20;1-2-8(11)10(12)7-5-3-4-6-9/h7,9-10,20,32-33H,2-6,8,11-18H2,1H3,(H,25,30);12H,2-7,9H2,1H3. The maximum atomic E-state index is 12.0. The number of pyridine rings is 1. The first-order valence-corrected chi connectivity index (χ1v) is 16.4. The number of aromatic nitrogens is 1. The van der Waals surface area contributed by atoms with Crippen LogP contribution in [0.1, 0.15) is 109 Å². The first kappa shape index (κ1) is 39.9. The highest BCUT2D eigenvalue weighted by atomic mass is 16.5. The lowest BCUT2D eigenvalue weighted by molar-refractivity contribution is -0.166. The molecule has 1 aliphatic carbocycles. The van der Waals surface area contributed by atoms with E-state index >= 15 is 0 Å². The van der Waals surface area contributed by atoms with Gasteiger partial charge in [-0.2, -0.15) is 0 Å². The summed E-state index contributed by atoms with van der Waals surface area (Å²) in [5.41, 5.74) is 7.49. The van der Waals surface area contributed by atoms with Crippen molar-refractivity contribution in [3.05, 3.63) is 29.6 Å². The molecule has 256 valence electrons. The summed E-state index contributed by atoms with van der Waals surface area (Å²) in [7, 11) is 0. The molecule has 0 aliphatic heterocycles. The number of hydrogen-bond donors (Lipinski definition) is 5. The largest absolute Gasteiger partial charge is 0.356 e. The van der Waals surface area contributed by atoms with E-state index < -0.39 is 11.8 Å². The molecule has 0 atom stereocenters. The Bertz CT molecular complexity index is 1010. The van der Waals surface area contributed by atoms with Crippen molar-refractivity contribution >= 4 is 23.6 Å². The molecule has 13 nitrogen and oxygen atoms in total. The van der Waals surface area contributed by atoms with E-state index in [0.717, 1.165) is 73.7 Å². The molecular weight excluding hydrogens is 580 g/mol. The van der Waals surface area contributed by atoms with E-state index in [9.17, 15) is 29.6 Å². The lowest BCUT2D eigenvalue weighted by atomic mass is 10.1. The van der Waals surface area contributed by atoms with Crippen LogP contribution in [0.2, 0.25) is 0 Å². The smallest absolute Gasteiger partial charge is 0.246 e. The number of carbonyl (C=O) groups is 4. The second-order valence-electron chi connectivity index (χ2n) is 11.5. The number of rotatable bonds is 22. The summed E-state index contributed by atoms with van der Waals surface area (Å²) in [5, 5.41) is 33.2. The van der Waals surface area contributed by atoms with Gasteiger partial charge in [0.2, 0.25) is 23.6 Å². The zero-order valence-electron chi connectivity index (χ0n) is 27.3. The van der Waals surface area contributed by atoms with Crippen molar-refractivity contribution in [2.75, 3.05) is 32.7 Å². The van der Waals surface area contributed by atoms with E-state index in [1.54, 1.807) is 6.92 Å². The Morgan fingerprint density at radius 1 is 0.822 bits per heavy atom. The molecular formula is C32H56N6O7. The number of nitrogens with two attached hydrogens (primary N) is 1. The minimum absolute atomic E-state index is 0.0301. The molecule has 1 aromatic rings. The molecule has 45 heavy (non-hydrogen) atoms. The van der Waals surface area contributed by atoms with Crippen molar-refractivity contribution in [2.24, 2.45) is 11.7 Å². The molecule has 1 fully saturated rings. The van der Waals surface area contributed by atoms with Crippen LogP contribution in [0.25, 0.3) is 0 Å². The summed E-state index contributed by atoms with van der Waals surface area (Å²) >= 11 is 0. The number of nitrogens with one attached hydrogen (secondary N) is 1. The van der Waals surface area contributed by atoms with Crippen LogP contribution in [0.15, 0.2) is 18.2 Å². The zero-order valence-corrected chi connectivity index (χ0v) is 27.3. The molecule has 0 bridgehead atoms. The van der Waals surface area contributed by atoms with Crippen LogP contribution < -0.4 is 11.1 Å². The van der Waals surface area contributed by atoms with E-state index in [0.29, 0.717) is 49.0 Å². The maximum absolute atomic E-state index is 12.0. The van der Waals surface area contributed by atoms with Gasteiger partial charge in [0.1, 0.15) is 0 Å². The predicted octanol–water partition coefficient (Wildman–Crippen LogP) is 3.62. The monoisotopic (exact) mass is 636 g/mol. The number of carbonyl (C=O) groups excluding carboxylic acids is 4. The molecule has 1 aromatic heterocycles. The van der Waals surface area contributed by atoms with Gasteiger partial charge in [-0.05, 0) is 95.2 Å². The van der Waals surface area contributed by atoms with Crippen LogP contribution >= 0.6 is 0 Å². The lowest BCUT2D eigenvalue weighted by Crippen LogP contribution is -2.31. The number of aryl methyl sites for hydroxylation is 1. The highest BCUT2D eigenvalue weighted by molar-refractivity contribution is 5.83. The molecule has 6 N–H and O–H groups in total. The Balaban J connectivity index is 0.000000712. The molecule has 2 rings (SSSR count). The van der Waals surface area contributed by atoms with E-state index in [-0.39, 0.29) is 37.7 Å². The topological polar surface area (TPSA) is 190 Å². The number of hydrogen-bond acceptors (Lipinski definition) is 9. The number of unbranched alkanes of at least 4 members (excludes halogenated alkanes) is 5. The summed E-state index contributed by atoms with van der Waals surface area (Å²) in [6.07, 6.45) is 11.2. The van der Waals surface area contributed by atoms with E-state index in [1.165, 1.54) is 19.8 Å². The Labute approximate surface area is 268 Å². The Morgan fingerprint density at radius 3 is 2.04 bits per heavy atom. The molecule has 0 radical (unpaired) electrons. The van der Waals surface area contributed by atoms with Gasteiger partial charge in [-0.25, -0.2) is 15.2 Å². The fraction of sp³-hybridized carbons (Fsp3) is 0.719. The summed E-state index contributed by atoms with van der Waals surface area (Å²) in [6, 6.07) is 6.14. The molecule has 0 saturated heterocycles. The SMILES string of the molecule is CC(=O)N(O)CCCCCNC(=O)CCC(=O)N(O)CCCCc1cccc(CC2CC2)n1.CCC(=O)N(O)CCCCCN. The van der Waals surface area contributed by atoms with E-state index in [1.807, 2.05) is 12.1 Å². The van der Waals surface area contributed by atoms with Crippen molar-refractivity contribution < 1.29 is 34.8 Å². The van der Waals surface area contributed by atoms with Gasteiger partial charge in [-0.1, -0.05) is 19.4 Å². The number of nitrogens with zero attached hydrogens (tertiary/aromatic N) is 4. The molecule has 1 heterocycles. The zero-order chi connectivity index (χ0) is 33.5. The third kappa shape index (κ3) is 20.5. The van der Waals surface area contributed by atoms with Crippen LogP contribution in [0.4, 0.5) is 0 Å². The van der Waals surface area contributed by atoms with E-state index in [2.05, 4.69) is 11.4 Å². The van der Waals surface area contributed by atoms with Crippen molar-refractivity contribution in [3.63, 3.8) is 0 Å². The van der Waals surface area contributed by atoms with Crippen molar-refractivity contribution in [1.29, 1.82) is 0 Å². The molecule has 0 spiro atoms. The summed E-state index contributed by atoms with van der Waals surface area (Å²) in [5.74, 6) is -0.497. The third-order valence-electron chi connectivity index (χ3n) is 7.36. The van der Waals surface area contributed by atoms with Crippen LogP contribution in [-0.4, -0.2) is 92.1 Å². The highest BCUT2D eigenvalue weighted by Gasteiger charge is 2.22. The summed E-state index contributed by atoms with van der Waals surface area (Å²) < 4.78 is 0. The van der Waals surface area contributed by atoms with Gasteiger partial charge in [0.05, 0.1) is 0 Å². The van der Waals surface area contributed by atoms with Gasteiger partial charge in [-0.3, -0.25) is 39.8 Å². The normalized spacial score (nSPS) is 12.1. The third-order valence-corrected chi connectivity index (χ3v) is 7.36. The predicted molar refractivity (Wildman–Crippen MR) is 169 cm³/mol. The Morgan fingerprint density at radius 2 is 1.42 bits per heavy atom. The van der Waals surface area contributed by atoms with Gasteiger partial charge < -0.3 is 11.1 Å². The van der Waals surface area contributed by atoms with Crippen LogP contribution in [0.5, 0.6) is 0 Å². The summed E-state index contributed by atoms with van der Waals surface area (Å²) in [4.78, 5) is 50.3. The van der Waals surface area contributed by atoms with Crippen LogP contribution in [0.3, 0.4) is 0 Å². The molecule has 0 aromatic carbocycles. The van der Waals surface area contributed by atoms with Gasteiger partial charge in [0.15, 0.2) is 0 Å². The molecule has 0 unspecified atom stereocenters. The van der Waals surface area contributed by atoms with Crippen molar-refractivity contribution in [3.8, 4) is 0 Å². The minimum Gasteiger partial charge on any atom is -0.356 e.